The summed E-state index contributed by atoms with van der Waals surface area (Å²) in [5.41, 5.74) is 0. The molecule has 4 atom stereocenters. The molecule has 7 heteroatoms. The average Bonchev–Trinajstić information content (AvgIpc) is 3.29. The van der Waals surface area contributed by atoms with Crippen molar-refractivity contribution in [2.75, 3.05) is 13.1 Å². The maximum absolute atomic E-state index is 12.2. The Labute approximate surface area is 179 Å². The third-order valence-corrected chi connectivity index (χ3v) is 6.26. The number of hydrogen-bond donors (Lipinski definition) is 3. The van der Waals surface area contributed by atoms with Crippen LogP contribution in [0.2, 0.25) is 0 Å². The first-order valence-electron chi connectivity index (χ1n) is 11.1. The largest absolute Gasteiger partial charge is 0.481 e. The van der Waals surface area contributed by atoms with Gasteiger partial charge in [-0.2, -0.15) is 0 Å². The van der Waals surface area contributed by atoms with Crippen LogP contribution in [0.4, 0.5) is 0 Å². The number of amides is 1. The van der Waals surface area contributed by atoms with Crippen molar-refractivity contribution >= 4 is 29.1 Å². The molecule has 0 aliphatic carbocycles. The zero-order valence-electron chi connectivity index (χ0n) is 17.5. The van der Waals surface area contributed by atoms with E-state index >= 15 is 0 Å². The molecule has 0 aromatic heterocycles. The van der Waals surface area contributed by atoms with Crippen LogP contribution in [0.3, 0.4) is 0 Å². The van der Waals surface area contributed by atoms with Crippen molar-refractivity contribution in [3.05, 3.63) is 12.2 Å². The number of carboxylic acid groups (broad SMARTS) is 1. The van der Waals surface area contributed by atoms with Crippen LogP contribution in [0, 0.1) is 11.8 Å². The minimum absolute atomic E-state index is 0.0198. The van der Waals surface area contributed by atoms with E-state index in [0.29, 0.717) is 24.8 Å². The number of carbonyl (C=O) groups excluding carboxylic acids is 1. The number of ether oxygens (including phenoxy) is 1. The number of aliphatic carboxylic acids is 1. The van der Waals surface area contributed by atoms with Gasteiger partial charge >= 0.3 is 5.97 Å². The summed E-state index contributed by atoms with van der Waals surface area (Å²) in [6, 6.07) is 0. The van der Waals surface area contributed by atoms with Crippen LogP contribution >= 0.6 is 12.2 Å². The molecule has 0 radical (unpaired) electrons. The van der Waals surface area contributed by atoms with Crippen molar-refractivity contribution in [3.8, 4) is 0 Å². The van der Waals surface area contributed by atoms with Gasteiger partial charge in [0, 0.05) is 18.9 Å². The highest BCUT2D eigenvalue weighted by molar-refractivity contribution is 7.80. The summed E-state index contributed by atoms with van der Waals surface area (Å²) < 4.78 is 6.09. The Balaban J connectivity index is 1.68. The van der Waals surface area contributed by atoms with Gasteiger partial charge in [0.2, 0.25) is 5.91 Å². The molecule has 2 aliphatic rings. The molecule has 164 valence electrons. The third-order valence-electron chi connectivity index (χ3n) is 5.92. The first-order valence-corrected chi connectivity index (χ1v) is 11.5. The third kappa shape index (κ3) is 8.42. The van der Waals surface area contributed by atoms with Gasteiger partial charge in [-0.3, -0.25) is 9.59 Å². The highest BCUT2D eigenvalue weighted by Crippen LogP contribution is 2.44. The summed E-state index contributed by atoms with van der Waals surface area (Å²) >= 11 is 5.28. The molecule has 0 aromatic carbocycles. The van der Waals surface area contributed by atoms with E-state index in [1.54, 1.807) is 0 Å². The maximum Gasteiger partial charge on any atom is 0.303 e. The fourth-order valence-corrected chi connectivity index (χ4v) is 4.54. The fraction of sp³-hybridized carbons (Fsp3) is 0.773. The Morgan fingerprint density at radius 1 is 1.07 bits per heavy atom. The number of hydrogen-bond acceptors (Lipinski definition) is 4. The van der Waals surface area contributed by atoms with Gasteiger partial charge in [-0.05, 0) is 50.9 Å². The summed E-state index contributed by atoms with van der Waals surface area (Å²) in [5.74, 6) is 0.00577. The summed E-state index contributed by atoms with van der Waals surface area (Å²) in [7, 11) is 0. The second-order valence-corrected chi connectivity index (χ2v) is 8.64. The Bertz CT molecular complexity index is 581. The zero-order chi connectivity index (χ0) is 21.1. The lowest BCUT2D eigenvalue weighted by atomic mass is 9.77. The molecule has 0 aromatic rings. The first kappa shape index (κ1) is 23.8. The number of carboxylic acids is 1. The lowest BCUT2D eigenvalue weighted by Crippen LogP contribution is -2.42. The molecular formula is C22H36N2O4S. The monoisotopic (exact) mass is 424 g/mol. The van der Waals surface area contributed by atoms with Crippen molar-refractivity contribution in [2.45, 2.75) is 83.3 Å². The highest BCUT2D eigenvalue weighted by Gasteiger charge is 2.47. The average molecular weight is 425 g/mol. The van der Waals surface area contributed by atoms with Crippen LogP contribution in [0.25, 0.3) is 0 Å². The minimum Gasteiger partial charge on any atom is -0.481 e. The van der Waals surface area contributed by atoms with Gasteiger partial charge in [-0.25, -0.2) is 0 Å². The van der Waals surface area contributed by atoms with E-state index in [0.717, 1.165) is 56.4 Å². The fourth-order valence-electron chi connectivity index (χ4n) is 4.32. The number of rotatable bonds is 14. The van der Waals surface area contributed by atoms with E-state index < -0.39 is 5.97 Å². The van der Waals surface area contributed by atoms with Crippen LogP contribution in [-0.4, -0.2) is 47.3 Å². The molecule has 29 heavy (non-hydrogen) atoms. The van der Waals surface area contributed by atoms with Gasteiger partial charge < -0.3 is 20.5 Å². The molecule has 2 heterocycles. The lowest BCUT2D eigenvalue weighted by molar-refractivity contribution is -0.137. The van der Waals surface area contributed by atoms with Crippen molar-refractivity contribution in [2.24, 2.45) is 11.8 Å². The van der Waals surface area contributed by atoms with Crippen LogP contribution in [0.15, 0.2) is 12.2 Å². The standard InChI is InChI=1S/C22H36N2O4S/c1-2-3-6-10-21(29)24-15-20(25)23-14-17-16(18-12-13-19(17)28-18)9-7-4-5-8-11-22(26)27/h4,7,16-19H,2-3,5-6,8-15H2,1H3,(H,23,25)(H,24,29)(H,26,27)/b7-4-/t16-,17+,18-,19+/m1/s1. The van der Waals surface area contributed by atoms with Gasteiger partial charge in [0.25, 0.3) is 0 Å². The van der Waals surface area contributed by atoms with Gasteiger partial charge in [-0.15, -0.1) is 0 Å². The molecule has 2 saturated heterocycles. The quantitative estimate of drug-likeness (QED) is 0.224. The predicted octanol–water partition coefficient (Wildman–Crippen LogP) is 3.59. The Morgan fingerprint density at radius 3 is 2.55 bits per heavy atom. The van der Waals surface area contributed by atoms with Crippen molar-refractivity contribution in [3.63, 3.8) is 0 Å². The molecule has 3 N–H and O–H groups in total. The Hall–Kier alpha value is -1.47. The van der Waals surface area contributed by atoms with E-state index in [4.69, 9.17) is 22.1 Å². The summed E-state index contributed by atoms with van der Waals surface area (Å²) in [6.45, 7) is 3.04. The molecule has 0 unspecified atom stereocenters. The highest BCUT2D eigenvalue weighted by atomic mass is 32.1. The van der Waals surface area contributed by atoms with E-state index in [-0.39, 0.29) is 31.1 Å². The second kappa shape index (κ2) is 13.0. The maximum atomic E-state index is 12.2. The lowest BCUT2D eigenvalue weighted by Gasteiger charge is -2.27. The minimum atomic E-state index is -0.744. The molecule has 2 bridgehead atoms. The van der Waals surface area contributed by atoms with E-state index in [9.17, 15) is 9.59 Å². The van der Waals surface area contributed by atoms with Crippen LogP contribution in [-0.2, 0) is 14.3 Å². The van der Waals surface area contributed by atoms with Gasteiger partial charge in [0.15, 0.2) is 0 Å². The van der Waals surface area contributed by atoms with E-state index in [1.807, 2.05) is 0 Å². The second-order valence-electron chi connectivity index (χ2n) is 8.15. The molecule has 2 fully saturated rings. The van der Waals surface area contributed by atoms with E-state index in [1.165, 1.54) is 0 Å². The SMILES string of the molecule is CCCCCC(=S)NCC(=O)NC[C@H]1[C@@H](C/C=C\CCCC(=O)O)[C@H]2CC[C@@H]1O2. The Morgan fingerprint density at radius 2 is 1.83 bits per heavy atom. The van der Waals surface area contributed by atoms with Crippen molar-refractivity contribution < 1.29 is 19.4 Å². The van der Waals surface area contributed by atoms with Gasteiger partial charge in [0.1, 0.15) is 0 Å². The zero-order valence-corrected chi connectivity index (χ0v) is 18.3. The topological polar surface area (TPSA) is 87.7 Å². The number of fused-ring (bicyclic) bond motifs is 2. The summed E-state index contributed by atoms with van der Waals surface area (Å²) in [6.07, 6.45) is 13.8. The molecule has 2 rings (SSSR count). The number of carbonyl (C=O) groups is 2. The normalized spacial score (nSPS) is 25.4. The Kier molecular flexibility index (Phi) is 10.6. The van der Waals surface area contributed by atoms with Gasteiger partial charge in [0.05, 0.1) is 23.7 Å². The van der Waals surface area contributed by atoms with E-state index in [2.05, 4.69) is 29.7 Å². The summed E-state index contributed by atoms with van der Waals surface area (Å²) in [4.78, 5) is 23.5. The molecule has 2 aliphatic heterocycles. The van der Waals surface area contributed by atoms with Crippen molar-refractivity contribution in [1.82, 2.24) is 10.6 Å². The van der Waals surface area contributed by atoms with Crippen LogP contribution < -0.4 is 10.6 Å². The van der Waals surface area contributed by atoms with Gasteiger partial charge in [-0.1, -0.05) is 44.1 Å². The number of unbranched alkanes of at least 4 members (excludes halogenated alkanes) is 3. The predicted molar refractivity (Wildman–Crippen MR) is 118 cm³/mol. The number of allylic oxidation sites excluding steroid dienone is 2. The summed E-state index contributed by atoms with van der Waals surface area (Å²) in [5, 5.41) is 14.8. The number of thiocarbonyl (C=S) groups is 1. The molecule has 6 nitrogen and oxygen atoms in total. The molecular weight excluding hydrogens is 388 g/mol. The molecule has 0 spiro atoms. The van der Waals surface area contributed by atoms with Crippen LogP contribution in [0.1, 0.15) is 71.1 Å². The number of nitrogens with one attached hydrogen (secondary N) is 2. The first-order chi connectivity index (χ1) is 14.0. The smallest absolute Gasteiger partial charge is 0.303 e. The van der Waals surface area contributed by atoms with Crippen LogP contribution in [0.5, 0.6) is 0 Å². The molecule has 0 saturated carbocycles. The van der Waals surface area contributed by atoms with Crippen molar-refractivity contribution in [1.29, 1.82) is 0 Å². The molecule has 1 amide bonds.